The molecule has 0 aliphatic carbocycles. The van der Waals surface area contributed by atoms with E-state index in [1.165, 1.54) is 28.6 Å². The van der Waals surface area contributed by atoms with E-state index in [4.69, 9.17) is 0 Å². The molecule has 35 heavy (non-hydrogen) atoms. The standard InChI is InChI=1S/C25H30N4O4S2/c1-2-29(35(32,33)23-12-7-4-8-13-23)25-15-14-21(28-18-9-16-26-17-19-28)20-24(25)27-34(30,31)22-10-5-3-6-11-22/h3-8,10-15,20,26-27H,2,9,16-19H2,1H3. The maximum absolute atomic E-state index is 13.5. The second-order valence-corrected chi connectivity index (χ2v) is 11.7. The summed E-state index contributed by atoms with van der Waals surface area (Å²) in [6, 6.07) is 21.4. The molecule has 1 saturated heterocycles. The first-order valence-electron chi connectivity index (χ1n) is 11.6. The SMILES string of the molecule is CCN(c1ccc(N2CCCNCC2)cc1NS(=O)(=O)c1ccccc1)S(=O)(=O)c1ccccc1. The van der Waals surface area contributed by atoms with Crippen LogP contribution < -0.4 is 19.2 Å². The van der Waals surface area contributed by atoms with Crippen LogP contribution in [0.4, 0.5) is 17.1 Å². The molecule has 0 amide bonds. The first-order chi connectivity index (χ1) is 16.8. The van der Waals surface area contributed by atoms with Crippen molar-refractivity contribution >= 4 is 37.1 Å². The Hall–Kier alpha value is -3.08. The third-order valence-corrected chi connectivity index (χ3v) is 9.15. The molecular weight excluding hydrogens is 484 g/mol. The second kappa shape index (κ2) is 10.7. The lowest BCUT2D eigenvalue weighted by Crippen LogP contribution is -2.32. The molecule has 1 aliphatic rings. The van der Waals surface area contributed by atoms with Gasteiger partial charge in [0, 0.05) is 31.9 Å². The highest BCUT2D eigenvalue weighted by molar-refractivity contribution is 7.93. The Labute approximate surface area is 207 Å². The number of nitrogens with one attached hydrogen (secondary N) is 2. The van der Waals surface area contributed by atoms with Crippen molar-refractivity contribution in [1.82, 2.24) is 5.32 Å². The summed E-state index contributed by atoms with van der Waals surface area (Å²) in [7, 11) is -7.86. The van der Waals surface area contributed by atoms with E-state index < -0.39 is 20.0 Å². The summed E-state index contributed by atoms with van der Waals surface area (Å²) in [5, 5.41) is 3.36. The minimum atomic E-state index is -3.94. The van der Waals surface area contributed by atoms with Crippen LogP contribution in [0.5, 0.6) is 0 Å². The van der Waals surface area contributed by atoms with Gasteiger partial charge in [0.15, 0.2) is 0 Å². The lowest BCUT2D eigenvalue weighted by atomic mass is 10.2. The average molecular weight is 515 g/mol. The topological polar surface area (TPSA) is 98.8 Å². The molecule has 1 heterocycles. The number of anilines is 3. The summed E-state index contributed by atoms with van der Waals surface area (Å²) in [6.45, 7) is 5.17. The molecule has 3 aromatic rings. The molecule has 0 unspecified atom stereocenters. The van der Waals surface area contributed by atoms with Gasteiger partial charge in [0.2, 0.25) is 0 Å². The summed E-state index contributed by atoms with van der Waals surface area (Å²) in [5.74, 6) is 0. The Balaban J connectivity index is 1.81. The highest BCUT2D eigenvalue weighted by Gasteiger charge is 2.28. The molecule has 1 aliphatic heterocycles. The van der Waals surface area contributed by atoms with Crippen molar-refractivity contribution in [2.75, 3.05) is 46.7 Å². The Kier molecular flexibility index (Phi) is 7.63. The molecule has 8 nitrogen and oxygen atoms in total. The van der Waals surface area contributed by atoms with Crippen molar-refractivity contribution in [2.45, 2.75) is 23.1 Å². The van der Waals surface area contributed by atoms with Crippen LogP contribution in [0.1, 0.15) is 13.3 Å². The van der Waals surface area contributed by atoms with Crippen molar-refractivity contribution in [3.05, 3.63) is 78.9 Å². The van der Waals surface area contributed by atoms with Gasteiger partial charge in [0.1, 0.15) is 0 Å². The molecule has 0 atom stereocenters. The van der Waals surface area contributed by atoms with E-state index >= 15 is 0 Å². The van der Waals surface area contributed by atoms with Gasteiger partial charge in [-0.15, -0.1) is 0 Å². The highest BCUT2D eigenvalue weighted by atomic mass is 32.2. The van der Waals surface area contributed by atoms with E-state index in [0.717, 1.165) is 38.3 Å². The molecule has 0 aromatic heterocycles. The maximum atomic E-state index is 13.5. The van der Waals surface area contributed by atoms with Gasteiger partial charge in [0.25, 0.3) is 20.0 Å². The van der Waals surface area contributed by atoms with Crippen LogP contribution in [-0.4, -0.2) is 49.6 Å². The van der Waals surface area contributed by atoms with Crippen LogP contribution in [-0.2, 0) is 20.0 Å². The van der Waals surface area contributed by atoms with Crippen LogP contribution in [0.3, 0.4) is 0 Å². The Bertz CT molecular complexity index is 1340. The Morgan fingerprint density at radius 3 is 2.17 bits per heavy atom. The molecule has 1 fully saturated rings. The van der Waals surface area contributed by atoms with E-state index in [2.05, 4.69) is 14.9 Å². The van der Waals surface area contributed by atoms with Gasteiger partial charge >= 0.3 is 0 Å². The molecule has 0 bridgehead atoms. The summed E-state index contributed by atoms with van der Waals surface area (Å²) >= 11 is 0. The van der Waals surface area contributed by atoms with Crippen LogP contribution in [0.2, 0.25) is 0 Å². The minimum absolute atomic E-state index is 0.101. The van der Waals surface area contributed by atoms with Crippen molar-refractivity contribution < 1.29 is 16.8 Å². The predicted octanol–water partition coefficient (Wildman–Crippen LogP) is 3.50. The van der Waals surface area contributed by atoms with E-state index in [9.17, 15) is 16.8 Å². The predicted molar refractivity (Wildman–Crippen MR) is 140 cm³/mol. The van der Waals surface area contributed by atoms with E-state index in [0.29, 0.717) is 0 Å². The maximum Gasteiger partial charge on any atom is 0.264 e. The van der Waals surface area contributed by atoms with E-state index in [1.54, 1.807) is 55.5 Å². The Morgan fingerprint density at radius 1 is 0.857 bits per heavy atom. The van der Waals surface area contributed by atoms with E-state index in [1.807, 2.05) is 6.07 Å². The molecular formula is C25H30N4O4S2. The zero-order chi connectivity index (χ0) is 24.9. The molecule has 3 aromatic carbocycles. The van der Waals surface area contributed by atoms with Crippen LogP contribution in [0.15, 0.2) is 88.7 Å². The molecule has 0 radical (unpaired) electrons. The number of nitrogens with zero attached hydrogens (tertiary/aromatic N) is 2. The lowest BCUT2D eigenvalue weighted by Gasteiger charge is -2.28. The van der Waals surface area contributed by atoms with Gasteiger partial charge in [0.05, 0.1) is 21.2 Å². The molecule has 10 heteroatoms. The van der Waals surface area contributed by atoms with Crippen molar-refractivity contribution in [2.24, 2.45) is 0 Å². The molecule has 0 spiro atoms. The normalized spacial score (nSPS) is 14.8. The van der Waals surface area contributed by atoms with Crippen LogP contribution in [0.25, 0.3) is 0 Å². The molecule has 0 saturated carbocycles. The number of rotatable bonds is 8. The fourth-order valence-electron chi connectivity index (χ4n) is 4.12. The molecule has 4 rings (SSSR count). The first-order valence-corrected chi connectivity index (χ1v) is 14.5. The average Bonchev–Trinajstić information content (AvgIpc) is 3.16. The van der Waals surface area contributed by atoms with Crippen LogP contribution >= 0.6 is 0 Å². The van der Waals surface area contributed by atoms with Gasteiger partial charge in [-0.1, -0.05) is 36.4 Å². The van der Waals surface area contributed by atoms with Gasteiger partial charge in [-0.3, -0.25) is 9.03 Å². The monoisotopic (exact) mass is 514 g/mol. The number of hydrogen-bond donors (Lipinski definition) is 2. The van der Waals surface area contributed by atoms with Crippen molar-refractivity contribution in [3.63, 3.8) is 0 Å². The number of hydrogen-bond acceptors (Lipinski definition) is 6. The fraction of sp³-hybridized carbons (Fsp3) is 0.280. The largest absolute Gasteiger partial charge is 0.370 e. The molecule has 2 N–H and O–H groups in total. The third kappa shape index (κ3) is 5.61. The quantitative estimate of drug-likeness (QED) is 0.477. The first kappa shape index (κ1) is 25.0. The van der Waals surface area contributed by atoms with Crippen molar-refractivity contribution in [3.8, 4) is 0 Å². The lowest BCUT2D eigenvalue weighted by molar-refractivity contribution is 0.591. The van der Waals surface area contributed by atoms with Gasteiger partial charge in [-0.25, -0.2) is 16.8 Å². The Morgan fingerprint density at radius 2 is 1.51 bits per heavy atom. The van der Waals surface area contributed by atoms with Gasteiger partial charge < -0.3 is 10.2 Å². The minimum Gasteiger partial charge on any atom is -0.370 e. The number of sulfonamides is 2. The van der Waals surface area contributed by atoms with Crippen molar-refractivity contribution in [1.29, 1.82) is 0 Å². The second-order valence-electron chi connectivity index (χ2n) is 8.19. The summed E-state index contributed by atoms with van der Waals surface area (Å²) in [4.78, 5) is 2.41. The smallest absolute Gasteiger partial charge is 0.264 e. The zero-order valence-corrected chi connectivity index (χ0v) is 21.2. The highest BCUT2D eigenvalue weighted by Crippen LogP contribution is 2.35. The third-order valence-electron chi connectivity index (χ3n) is 5.87. The fourth-order valence-corrected chi connectivity index (χ4v) is 6.72. The van der Waals surface area contributed by atoms with Gasteiger partial charge in [-0.2, -0.15) is 0 Å². The van der Waals surface area contributed by atoms with E-state index in [-0.39, 0.29) is 27.7 Å². The summed E-state index contributed by atoms with van der Waals surface area (Å²) < 4.78 is 57.4. The zero-order valence-electron chi connectivity index (χ0n) is 19.6. The van der Waals surface area contributed by atoms with Crippen LogP contribution in [0, 0.1) is 0 Å². The summed E-state index contributed by atoms with van der Waals surface area (Å²) in [5.41, 5.74) is 1.31. The number of benzene rings is 3. The molecule has 186 valence electrons. The van der Waals surface area contributed by atoms with Gasteiger partial charge in [-0.05, 0) is 62.4 Å². The summed E-state index contributed by atoms with van der Waals surface area (Å²) in [6.07, 6.45) is 0.955.